The number of aliphatic hydroxyl groups excluding tert-OH is 2. The largest absolute Gasteiger partial charge is 0.389 e. The van der Waals surface area contributed by atoms with Gasteiger partial charge in [0, 0.05) is 0 Å². The molecule has 3 saturated carbocycles. The molecule has 0 aliphatic heterocycles. The highest BCUT2D eigenvalue weighted by Gasteiger charge is 2.60. The summed E-state index contributed by atoms with van der Waals surface area (Å²) in [7, 11) is 0. The van der Waals surface area contributed by atoms with Gasteiger partial charge in [0.05, 0.1) is 12.2 Å². The van der Waals surface area contributed by atoms with E-state index in [9.17, 15) is 10.2 Å². The van der Waals surface area contributed by atoms with Crippen molar-refractivity contribution in [2.45, 2.75) is 118 Å². The average Bonchev–Trinajstić information content (AvgIpc) is 3.07. The Morgan fingerprint density at radius 1 is 0.968 bits per heavy atom. The summed E-state index contributed by atoms with van der Waals surface area (Å²) in [6, 6.07) is 0. The van der Waals surface area contributed by atoms with Crippen molar-refractivity contribution in [2.24, 2.45) is 52.3 Å². The lowest BCUT2D eigenvalue weighted by molar-refractivity contribution is -0.0875. The molecule has 4 aliphatic rings. The van der Waals surface area contributed by atoms with Crippen molar-refractivity contribution < 1.29 is 10.2 Å². The van der Waals surface area contributed by atoms with E-state index in [-0.39, 0.29) is 17.6 Å². The van der Waals surface area contributed by atoms with Crippen LogP contribution in [0, 0.1) is 52.3 Å². The minimum absolute atomic E-state index is 0.109. The van der Waals surface area contributed by atoms with E-state index < -0.39 is 0 Å². The monoisotopic (exact) mass is 430 g/mol. The second-order valence-electron chi connectivity index (χ2n) is 13.0. The van der Waals surface area contributed by atoms with Gasteiger partial charge in [0.25, 0.3) is 0 Å². The Labute approximate surface area is 192 Å². The molecule has 0 heterocycles. The van der Waals surface area contributed by atoms with Crippen molar-refractivity contribution in [1.29, 1.82) is 0 Å². The van der Waals surface area contributed by atoms with E-state index in [1.54, 1.807) is 0 Å². The molecule has 0 aromatic heterocycles. The lowest BCUT2D eigenvalue weighted by atomic mass is 9.46. The summed E-state index contributed by atoms with van der Waals surface area (Å²) >= 11 is 0. The van der Waals surface area contributed by atoms with Gasteiger partial charge in [0.1, 0.15) is 0 Å². The summed E-state index contributed by atoms with van der Waals surface area (Å²) in [5, 5.41) is 21.4. The van der Waals surface area contributed by atoms with Crippen LogP contribution >= 0.6 is 0 Å². The van der Waals surface area contributed by atoms with Crippen LogP contribution in [0.3, 0.4) is 0 Å². The second kappa shape index (κ2) is 8.79. The van der Waals surface area contributed by atoms with E-state index in [0.717, 1.165) is 48.9 Å². The molecule has 0 unspecified atom stereocenters. The maximum atomic E-state index is 11.2. The molecular weight excluding hydrogens is 380 g/mol. The minimum atomic E-state index is -0.349. The number of rotatable bonds is 6. The van der Waals surface area contributed by atoms with Gasteiger partial charge in [-0.15, -0.1) is 0 Å². The van der Waals surface area contributed by atoms with E-state index in [4.69, 9.17) is 0 Å². The number of aliphatic hydroxyl groups is 2. The van der Waals surface area contributed by atoms with E-state index in [2.05, 4.69) is 41.5 Å². The van der Waals surface area contributed by atoms with Crippen LogP contribution in [0.2, 0.25) is 0 Å². The Balaban J connectivity index is 1.50. The van der Waals surface area contributed by atoms with Gasteiger partial charge in [-0.3, -0.25) is 0 Å². The van der Waals surface area contributed by atoms with Crippen LogP contribution in [0.5, 0.6) is 0 Å². The van der Waals surface area contributed by atoms with Crippen LogP contribution in [-0.2, 0) is 0 Å². The molecule has 0 radical (unpaired) electrons. The summed E-state index contributed by atoms with van der Waals surface area (Å²) in [5.74, 6) is 5.52. The molecule has 0 amide bonds. The van der Waals surface area contributed by atoms with E-state index >= 15 is 0 Å². The van der Waals surface area contributed by atoms with Crippen LogP contribution in [0.1, 0.15) is 106 Å². The molecule has 0 spiro atoms. The Morgan fingerprint density at radius 2 is 1.71 bits per heavy atom. The Bertz CT molecular complexity index is 668. The van der Waals surface area contributed by atoms with E-state index in [1.165, 1.54) is 50.5 Å². The Hall–Kier alpha value is -0.340. The van der Waals surface area contributed by atoms with Gasteiger partial charge in [0.15, 0.2) is 0 Å². The van der Waals surface area contributed by atoms with E-state index in [0.29, 0.717) is 17.3 Å². The summed E-state index contributed by atoms with van der Waals surface area (Å²) in [6.45, 7) is 14.8. The normalized spacial score (nSPS) is 46.7. The van der Waals surface area contributed by atoms with Crippen molar-refractivity contribution in [3.05, 3.63) is 11.6 Å². The molecule has 10 atom stereocenters. The molecule has 0 aromatic rings. The topological polar surface area (TPSA) is 40.5 Å². The van der Waals surface area contributed by atoms with Crippen LogP contribution in [0.25, 0.3) is 0 Å². The van der Waals surface area contributed by atoms with Crippen molar-refractivity contribution in [3.8, 4) is 0 Å². The highest BCUT2D eigenvalue weighted by atomic mass is 16.3. The molecule has 0 aromatic carbocycles. The fourth-order valence-electron chi connectivity index (χ4n) is 9.42. The van der Waals surface area contributed by atoms with Crippen molar-refractivity contribution in [1.82, 2.24) is 0 Å². The fraction of sp³-hybridized carbons (Fsp3) is 0.931. The predicted octanol–water partition coefficient (Wildman–Crippen LogP) is 7.00. The molecule has 0 bridgehead atoms. The van der Waals surface area contributed by atoms with Crippen LogP contribution in [-0.4, -0.2) is 22.4 Å². The van der Waals surface area contributed by atoms with Gasteiger partial charge in [-0.2, -0.15) is 0 Å². The SMILES string of the molecule is CC[C@H](CC[C@@H](C)[C@H]1CC[C@H]2[C@@H]3C[C@@H](O)C4=C[C@@H](O)CC[C@]4(C)[C@@H]3CC[C@]12C)C(C)C. The number of fused-ring (bicyclic) bond motifs is 5. The maximum Gasteiger partial charge on any atom is 0.0759 e. The first-order valence-electron chi connectivity index (χ1n) is 13.7. The standard InChI is InChI=1S/C29H50O2/c1-7-20(18(2)3)9-8-19(4)23-10-11-24-22-17-27(31)26-16-21(30)12-14-29(26,6)25(22)13-15-28(23,24)5/h16,18-25,27,30-31H,7-15,17H2,1-6H3/t19-,20-,21+,22+,23-,24+,25-,27-,28-,29-/m1/s1. The molecule has 2 N–H and O–H groups in total. The predicted molar refractivity (Wildman–Crippen MR) is 130 cm³/mol. The van der Waals surface area contributed by atoms with Crippen molar-refractivity contribution >= 4 is 0 Å². The zero-order chi connectivity index (χ0) is 22.6. The molecule has 4 aliphatic carbocycles. The third kappa shape index (κ3) is 3.96. The third-order valence-corrected chi connectivity index (χ3v) is 11.3. The van der Waals surface area contributed by atoms with E-state index in [1.807, 2.05) is 6.08 Å². The Morgan fingerprint density at radius 3 is 2.39 bits per heavy atom. The van der Waals surface area contributed by atoms with Crippen LogP contribution < -0.4 is 0 Å². The van der Waals surface area contributed by atoms with Gasteiger partial charge >= 0.3 is 0 Å². The molecular formula is C29H50O2. The molecule has 31 heavy (non-hydrogen) atoms. The second-order valence-corrected chi connectivity index (χ2v) is 13.0. The highest BCUT2D eigenvalue weighted by Crippen LogP contribution is 2.67. The minimum Gasteiger partial charge on any atom is -0.389 e. The summed E-state index contributed by atoms with van der Waals surface area (Å²) in [4.78, 5) is 0. The van der Waals surface area contributed by atoms with Crippen molar-refractivity contribution in [3.63, 3.8) is 0 Å². The molecule has 2 heteroatoms. The quantitative estimate of drug-likeness (QED) is 0.446. The van der Waals surface area contributed by atoms with Gasteiger partial charge in [0.2, 0.25) is 0 Å². The van der Waals surface area contributed by atoms with Gasteiger partial charge < -0.3 is 10.2 Å². The third-order valence-electron chi connectivity index (χ3n) is 11.3. The highest BCUT2D eigenvalue weighted by molar-refractivity contribution is 5.29. The lowest BCUT2D eigenvalue weighted by Crippen LogP contribution is -2.54. The lowest BCUT2D eigenvalue weighted by Gasteiger charge is -2.60. The molecule has 3 fully saturated rings. The number of hydrogen-bond acceptors (Lipinski definition) is 2. The first-order valence-corrected chi connectivity index (χ1v) is 13.7. The molecule has 0 saturated heterocycles. The molecule has 2 nitrogen and oxygen atoms in total. The van der Waals surface area contributed by atoms with Crippen LogP contribution in [0.15, 0.2) is 11.6 Å². The molecule has 178 valence electrons. The average molecular weight is 431 g/mol. The van der Waals surface area contributed by atoms with Gasteiger partial charge in [-0.25, -0.2) is 0 Å². The van der Waals surface area contributed by atoms with Crippen molar-refractivity contribution in [2.75, 3.05) is 0 Å². The molecule has 4 rings (SSSR count). The summed E-state index contributed by atoms with van der Waals surface area (Å²) in [5.41, 5.74) is 1.75. The number of hydrogen-bond donors (Lipinski definition) is 2. The zero-order valence-corrected chi connectivity index (χ0v) is 21.2. The van der Waals surface area contributed by atoms with Gasteiger partial charge in [-0.05, 0) is 109 Å². The summed E-state index contributed by atoms with van der Waals surface area (Å²) < 4.78 is 0. The first kappa shape index (κ1) is 23.8. The fourth-order valence-corrected chi connectivity index (χ4v) is 9.42. The Kier molecular flexibility index (Phi) is 6.75. The zero-order valence-electron chi connectivity index (χ0n) is 21.2. The maximum absolute atomic E-state index is 11.2. The smallest absolute Gasteiger partial charge is 0.0759 e. The van der Waals surface area contributed by atoms with Gasteiger partial charge in [-0.1, -0.05) is 60.5 Å². The van der Waals surface area contributed by atoms with Crippen LogP contribution in [0.4, 0.5) is 0 Å². The summed E-state index contributed by atoms with van der Waals surface area (Å²) in [6.07, 6.45) is 13.8. The first-order chi connectivity index (χ1) is 14.6.